The lowest BCUT2D eigenvalue weighted by molar-refractivity contribution is -0.130. The van der Waals surface area contributed by atoms with Crippen molar-refractivity contribution >= 4 is 12.1 Å². The number of carbonyl (C=O) groups excluding carboxylic acids is 1. The molecular formula is C7H12N2O. The van der Waals surface area contributed by atoms with E-state index in [4.69, 9.17) is 0 Å². The summed E-state index contributed by atoms with van der Waals surface area (Å²) in [4.78, 5) is 11.0. The summed E-state index contributed by atoms with van der Waals surface area (Å²) < 4.78 is 0. The fourth-order valence-electron chi connectivity index (χ4n) is 0.897. The number of hydrazone groups is 1. The molecule has 0 spiro atoms. The van der Waals surface area contributed by atoms with Crippen molar-refractivity contribution in [1.29, 1.82) is 0 Å². The van der Waals surface area contributed by atoms with Gasteiger partial charge in [-0.2, -0.15) is 5.10 Å². The van der Waals surface area contributed by atoms with Crippen LogP contribution in [-0.4, -0.2) is 23.2 Å². The summed E-state index contributed by atoms with van der Waals surface area (Å²) >= 11 is 0. The van der Waals surface area contributed by atoms with E-state index in [0.29, 0.717) is 6.42 Å². The van der Waals surface area contributed by atoms with E-state index in [2.05, 4.69) is 5.10 Å². The number of hydrogen-bond donors (Lipinski definition) is 0. The largest absolute Gasteiger partial charge is 0.273 e. The summed E-state index contributed by atoms with van der Waals surface area (Å²) in [6.07, 6.45) is 3.10. The van der Waals surface area contributed by atoms with Gasteiger partial charge in [-0.25, -0.2) is 5.01 Å². The normalized spacial score (nSPS) is 20.2. The third-order valence-electron chi connectivity index (χ3n) is 1.74. The van der Waals surface area contributed by atoms with E-state index in [-0.39, 0.29) is 11.9 Å². The number of rotatable bonds is 2. The molecule has 1 aliphatic heterocycles. The summed E-state index contributed by atoms with van der Waals surface area (Å²) in [5.74, 6) is 0.120. The van der Waals surface area contributed by atoms with Crippen molar-refractivity contribution in [2.24, 2.45) is 5.10 Å². The highest BCUT2D eigenvalue weighted by molar-refractivity contribution is 5.93. The molecule has 1 aliphatic rings. The Kier molecular flexibility index (Phi) is 2.04. The van der Waals surface area contributed by atoms with Gasteiger partial charge in [-0.05, 0) is 13.3 Å². The quantitative estimate of drug-likeness (QED) is 0.563. The molecule has 3 heteroatoms. The molecule has 1 rings (SSSR count). The standard InChI is InChI=1S/C7H12N2O/c1-3-6(2)9-7(10)4-5-8-9/h5-6H,3-4H2,1-2H3. The summed E-state index contributed by atoms with van der Waals surface area (Å²) in [7, 11) is 0. The zero-order valence-electron chi connectivity index (χ0n) is 6.37. The first-order chi connectivity index (χ1) is 4.75. The molecule has 0 bridgehead atoms. The van der Waals surface area contributed by atoms with Crippen LogP contribution in [0.4, 0.5) is 0 Å². The Morgan fingerprint density at radius 2 is 2.60 bits per heavy atom. The second kappa shape index (κ2) is 2.82. The van der Waals surface area contributed by atoms with Crippen LogP contribution in [0.3, 0.4) is 0 Å². The minimum Gasteiger partial charge on any atom is -0.273 e. The Bertz CT molecular complexity index is 165. The first kappa shape index (κ1) is 7.25. The second-order valence-electron chi connectivity index (χ2n) is 2.50. The molecule has 1 atom stereocenters. The van der Waals surface area contributed by atoms with Gasteiger partial charge in [0, 0.05) is 6.21 Å². The van der Waals surface area contributed by atoms with Gasteiger partial charge in [0.1, 0.15) is 0 Å². The van der Waals surface area contributed by atoms with Crippen LogP contribution in [-0.2, 0) is 4.79 Å². The van der Waals surface area contributed by atoms with E-state index < -0.39 is 0 Å². The summed E-state index contributed by atoms with van der Waals surface area (Å²) in [5.41, 5.74) is 0. The number of hydrogen-bond acceptors (Lipinski definition) is 2. The predicted molar refractivity (Wildman–Crippen MR) is 39.7 cm³/mol. The summed E-state index contributed by atoms with van der Waals surface area (Å²) in [6.45, 7) is 4.05. The van der Waals surface area contributed by atoms with Gasteiger partial charge in [0.15, 0.2) is 0 Å². The van der Waals surface area contributed by atoms with Crippen LogP contribution in [0.2, 0.25) is 0 Å². The fourth-order valence-corrected chi connectivity index (χ4v) is 0.897. The molecule has 0 aromatic carbocycles. The fraction of sp³-hybridized carbons (Fsp3) is 0.714. The van der Waals surface area contributed by atoms with E-state index in [9.17, 15) is 4.79 Å². The van der Waals surface area contributed by atoms with E-state index >= 15 is 0 Å². The van der Waals surface area contributed by atoms with Crippen LogP contribution in [0, 0.1) is 0 Å². The molecule has 1 amide bonds. The van der Waals surface area contributed by atoms with E-state index in [1.165, 1.54) is 0 Å². The number of carbonyl (C=O) groups is 1. The minimum absolute atomic E-state index is 0.120. The first-order valence-corrected chi connectivity index (χ1v) is 3.60. The summed E-state index contributed by atoms with van der Waals surface area (Å²) in [6, 6.07) is 0.256. The first-order valence-electron chi connectivity index (χ1n) is 3.60. The molecule has 0 aliphatic carbocycles. The van der Waals surface area contributed by atoms with Gasteiger partial charge >= 0.3 is 0 Å². The molecule has 0 fully saturated rings. The maximum atomic E-state index is 11.0. The van der Waals surface area contributed by atoms with Gasteiger partial charge in [-0.1, -0.05) is 6.92 Å². The monoisotopic (exact) mass is 140 g/mol. The van der Waals surface area contributed by atoms with Crippen LogP contribution in [0.1, 0.15) is 26.7 Å². The van der Waals surface area contributed by atoms with Crippen LogP contribution < -0.4 is 0 Å². The van der Waals surface area contributed by atoms with E-state index in [0.717, 1.165) is 6.42 Å². The lowest BCUT2D eigenvalue weighted by atomic mass is 10.2. The predicted octanol–water partition coefficient (Wildman–Crippen LogP) is 1.00. The molecule has 0 radical (unpaired) electrons. The third-order valence-corrected chi connectivity index (χ3v) is 1.74. The molecular weight excluding hydrogens is 128 g/mol. The van der Waals surface area contributed by atoms with Crippen molar-refractivity contribution < 1.29 is 4.79 Å². The second-order valence-corrected chi connectivity index (χ2v) is 2.50. The van der Waals surface area contributed by atoms with Crippen molar-refractivity contribution in [3.63, 3.8) is 0 Å². The van der Waals surface area contributed by atoms with Crippen LogP contribution in [0.25, 0.3) is 0 Å². The number of amides is 1. The van der Waals surface area contributed by atoms with Gasteiger partial charge in [0.2, 0.25) is 5.91 Å². The smallest absolute Gasteiger partial charge is 0.248 e. The molecule has 1 heterocycles. The molecule has 0 aromatic heterocycles. The van der Waals surface area contributed by atoms with Crippen LogP contribution in [0.5, 0.6) is 0 Å². The highest BCUT2D eigenvalue weighted by Gasteiger charge is 2.20. The highest BCUT2D eigenvalue weighted by atomic mass is 16.2. The molecule has 0 N–H and O–H groups in total. The van der Waals surface area contributed by atoms with Crippen molar-refractivity contribution in [1.82, 2.24) is 5.01 Å². The maximum absolute atomic E-state index is 11.0. The van der Waals surface area contributed by atoms with Gasteiger partial charge < -0.3 is 0 Å². The van der Waals surface area contributed by atoms with Gasteiger partial charge in [0.25, 0.3) is 0 Å². The van der Waals surface area contributed by atoms with Crippen LogP contribution in [0.15, 0.2) is 5.10 Å². The molecule has 56 valence electrons. The van der Waals surface area contributed by atoms with E-state index in [1.807, 2.05) is 13.8 Å². The Labute approximate surface area is 60.7 Å². The zero-order valence-corrected chi connectivity index (χ0v) is 6.37. The van der Waals surface area contributed by atoms with Crippen molar-refractivity contribution in [2.45, 2.75) is 32.7 Å². The topological polar surface area (TPSA) is 32.7 Å². The SMILES string of the molecule is CCC(C)N1N=CCC1=O. The minimum atomic E-state index is 0.120. The highest BCUT2D eigenvalue weighted by Crippen LogP contribution is 2.09. The average Bonchev–Trinajstić information content (AvgIpc) is 2.34. The molecule has 0 saturated carbocycles. The summed E-state index contributed by atoms with van der Waals surface area (Å²) in [5, 5.41) is 5.50. The Morgan fingerprint density at radius 3 is 3.00 bits per heavy atom. The third kappa shape index (κ3) is 1.17. The average molecular weight is 140 g/mol. The molecule has 1 unspecified atom stereocenters. The maximum Gasteiger partial charge on any atom is 0.248 e. The lowest BCUT2D eigenvalue weighted by Crippen LogP contribution is -2.29. The molecule has 3 nitrogen and oxygen atoms in total. The van der Waals surface area contributed by atoms with E-state index in [1.54, 1.807) is 11.2 Å². The Balaban J connectivity index is 2.54. The van der Waals surface area contributed by atoms with Gasteiger partial charge in [-0.15, -0.1) is 0 Å². The number of nitrogens with zero attached hydrogens (tertiary/aromatic N) is 2. The van der Waals surface area contributed by atoms with Crippen molar-refractivity contribution in [3.8, 4) is 0 Å². The van der Waals surface area contributed by atoms with Gasteiger partial charge in [-0.3, -0.25) is 4.79 Å². The molecule has 10 heavy (non-hydrogen) atoms. The molecule has 0 saturated heterocycles. The zero-order chi connectivity index (χ0) is 7.56. The lowest BCUT2D eigenvalue weighted by Gasteiger charge is -2.18. The van der Waals surface area contributed by atoms with Crippen LogP contribution >= 0.6 is 0 Å². The van der Waals surface area contributed by atoms with Crippen molar-refractivity contribution in [3.05, 3.63) is 0 Å². The van der Waals surface area contributed by atoms with Crippen molar-refractivity contribution in [2.75, 3.05) is 0 Å². The Hall–Kier alpha value is -0.860. The van der Waals surface area contributed by atoms with Gasteiger partial charge in [0.05, 0.1) is 12.5 Å². The Morgan fingerprint density at radius 1 is 1.90 bits per heavy atom. The molecule has 0 aromatic rings.